The third-order valence-electron chi connectivity index (χ3n) is 5.96. The minimum atomic E-state index is -3.55. The number of carbonyl (C=O) groups excluding carboxylic acids is 1. The number of hydrogen-bond acceptors (Lipinski definition) is 6. The van der Waals surface area contributed by atoms with Crippen LogP contribution in [0, 0.1) is 11.6 Å². The number of halogens is 2. The average molecular weight is 507 g/mol. The van der Waals surface area contributed by atoms with Gasteiger partial charge in [-0.3, -0.25) is 0 Å². The first-order valence-corrected chi connectivity index (χ1v) is 13.2. The van der Waals surface area contributed by atoms with E-state index >= 15 is 4.39 Å². The van der Waals surface area contributed by atoms with Gasteiger partial charge in [-0.05, 0) is 51.3 Å². The summed E-state index contributed by atoms with van der Waals surface area (Å²) in [4.78, 5) is 22.3. The summed E-state index contributed by atoms with van der Waals surface area (Å²) < 4.78 is 60.2. The monoisotopic (exact) mass is 506 g/mol. The molecule has 188 valence electrons. The van der Waals surface area contributed by atoms with Crippen molar-refractivity contribution in [2.75, 3.05) is 19.3 Å². The van der Waals surface area contributed by atoms with Gasteiger partial charge >= 0.3 is 6.09 Å². The summed E-state index contributed by atoms with van der Waals surface area (Å²) in [7, 11) is -3.55. The van der Waals surface area contributed by atoms with E-state index in [1.54, 1.807) is 9.47 Å². The Labute approximate surface area is 202 Å². The quantitative estimate of drug-likeness (QED) is 0.524. The van der Waals surface area contributed by atoms with Crippen LogP contribution in [-0.4, -0.2) is 58.9 Å². The number of ether oxygens (including phenoxy) is 1. The SMILES string of the molecule is CC(C)(C)OC(=O)N1CCC(n2cc(F)c3c(Cc4ccc(S(C)(=O)=O)cc4F)ncnc32)CC1. The van der Waals surface area contributed by atoms with Gasteiger partial charge in [0.2, 0.25) is 0 Å². The van der Waals surface area contributed by atoms with Gasteiger partial charge < -0.3 is 14.2 Å². The van der Waals surface area contributed by atoms with Crippen LogP contribution in [0.25, 0.3) is 11.0 Å². The number of likely N-dealkylation sites (tertiary alicyclic amines) is 1. The van der Waals surface area contributed by atoms with Crippen LogP contribution in [0.1, 0.15) is 50.9 Å². The second-order valence-corrected chi connectivity index (χ2v) is 11.8. The lowest BCUT2D eigenvalue weighted by Gasteiger charge is -2.34. The molecule has 1 fully saturated rings. The van der Waals surface area contributed by atoms with Crippen molar-refractivity contribution in [3.05, 3.63) is 53.6 Å². The smallest absolute Gasteiger partial charge is 0.410 e. The summed E-state index contributed by atoms with van der Waals surface area (Å²) in [5.41, 5.74) is 0.334. The predicted octanol–water partition coefficient (Wildman–Crippen LogP) is 4.28. The molecule has 0 unspecified atom stereocenters. The van der Waals surface area contributed by atoms with Gasteiger partial charge in [-0.2, -0.15) is 0 Å². The minimum absolute atomic E-state index is 0.0209. The molecule has 3 heterocycles. The van der Waals surface area contributed by atoms with E-state index in [0.717, 1.165) is 12.3 Å². The predicted molar refractivity (Wildman–Crippen MR) is 126 cm³/mol. The Hall–Kier alpha value is -3.08. The Morgan fingerprint density at radius 2 is 1.83 bits per heavy atom. The van der Waals surface area contributed by atoms with Gasteiger partial charge in [0.25, 0.3) is 0 Å². The molecule has 2 aromatic heterocycles. The highest BCUT2D eigenvalue weighted by molar-refractivity contribution is 7.90. The summed E-state index contributed by atoms with van der Waals surface area (Å²) in [5, 5.41) is 0.202. The van der Waals surface area contributed by atoms with E-state index in [-0.39, 0.29) is 34.4 Å². The zero-order valence-corrected chi connectivity index (χ0v) is 20.9. The van der Waals surface area contributed by atoms with Gasteiger partial charge in [0.15, 0.2) is 15.7 Å². The molecule has 11 heteroatoms. The minimum Gasteiger partial charge on any atom is -0.444 e. The van der Waals surface area contributed by atoms with E-state index in [0.29, 0.717) is 37.3 Å². The number of rotatable bonds is 4. The third-order valence-corrected chi connectivity index (χ3v) is 7.07. The van der Waals surface area contributed by atoms with Crippen molar-refractivity contribution in [3.63, 3.8) is 0 Å². The fourth-order valence-electron chi connectivity index (χ4n) is 4.25. The van der Waals surface area contributed by atoms with E-state index in [1.807, 2.05) is 20.8 Å². The molecule has 0 N–H and O–H groups in total. The molecule has 0 bridgehead atoms. The molecule has 0 aliphatic carbocycles. The second kappa shape index (κ2) is 9.18. The van der Waals surface area contributed by atoms with Gasteiger partial charge in [0.05, 0.1) is 16.0 Å². The molecule has 0 spiro atoms. The lowest BCUT2D eigenvalue weighted by atomic mass is 10.0. The molecule has 1 amide bonds. The van der Waals surface area contributed by atoms with E-state index in [9.17, 15) is 17.6 Å². The third kappa shape index (κ3) is 5.44. The fraction of sp³-hybridized carbons (Fsp3) is 0.458. The van der Waals surface area contributed by atoms with Gasteiger partial charge in [-0.1, -0.05) is 6.07 Å². The molecule has 4 rings (SSSR count). The van der Waals surface area contributed by atoms with Crippen LogP contribution in [0.2, 0.25) is 0 Å². The summed E-state index contributed by atoms with van der Waals surface area (Å²) >= 11 is 0. The number of nitrogens with zero attached hydrogens (tertiary/aromatic N) is 4. The normalized spacial score (nSPS) is 15.5. The highest BCUT2D eigenvalue weighted by atomic mass is 32.2. The van der Waals surface area contributed by atoms with Gasteiger partial charge in [-0.15, -0.1) is 0 Å². The van der Waals surface area contributed by atoms with Gasteiger partial charge in [0, 0.05) is 38.0 Å². The van der Waals surface area contributed by atoms with E-state index in [4.69, 9.17) is 4.74 Å². The van der Waals surface area contributed by atoms with Crippen molar-refractivity contribution >= 4 is 27.0 Å². The number of fused-ring (bicyclic) bond motifs is 1. The fourth-order valence-corrected chi connectivity index (χ4v) is 4.88. The van der Waals surface area contributed by atoms with Crippen LogP contribution in [0.3, 0.4) is 0 Å². The first kappa shape index (κ1) is 25.0. The van der Waals surface area contributed by atoms with Crippen molar-refractivity contribution in [1.29, 1.82) is 0 Å². The zero-order chi connectivity index (χ0) is 25.5. The number of hydrogen-bond donors (Lipinski definition) is 0. The Morgan fingerprint density at radius 1 is 1.14 bits per heavy atom. The van der Waals surface area contributed by atoms with Crippen molar-refractivity contribution in [2.45, 2.75) is 56.6 Å². The number of benzene rings is 1. The largest absolute Gasteiger partial charge is 0.444 e. The number of sulfone groups is 1. The highest BCUT2D eigenvalue weighted by Crippen LogP contribution is 2.31. The lowest BCUT2D eigenvalue weighted by Crippen LogP contribution is -2.42. The first-order valence-electron chi connectivity index (χ1n) is 11.3. The van der Waals surface area contributed by atoms with Crippen molar-refractivity contribution in [3.8, 4) is 0 Å². The van der Waals surface area contributed by atoms with Crippen LogP contribution in [0.15, 0.2) is 35.6 Å². The molecule has 3 aromatic rings. The summed E-state index contributed by atoms with van der Waals surface area (Å²) in [6.45, 7) is 6.38. The molecule has 8 nitrogen and oxygen atoms in total. The van der Waals surface area contributed by atoms with E-state index in [2.05, 4.69) is 9.97 Å². The Bertz CT molecular complexity index is 1370. The Kier molecular flexibility index (Phi) is 6.56. The molecule has 0 radical (unpaired) electrons. The number of carbonyl (C=O) groups is 1. The topological polar surface area (TPSA) is 94.4 Å². The maximum Gasteiger partial charge on any atom is 0.410 e. The molecular weight excluding hydrogens is 478 g/mol. The van der Waals surface area contributed by atoms with Gasteiger partial charge in [-0.25, -0.2) is 32.0 Å². The van der Waals surface area contributed by atoms with Crippen LogP contribution >= 0.6 is 0 Å². The van der Waals surface area contributed by atoms with Crippen molar-refractivity contribution in [2.24, 2.45) is 0 Å². The van der Waals surface area contributed by atoms with Crippen molar-refractivity contribution < 1.29 is 26.7 Å². The molecule has 1 aliphatic heterocycles. The van der Waals surface area contributed by atoms with Crippen LogP contribution < -0.4 is 0 Å². The average Bonchev–Trinajstić information content (AvgIpc) is 3.11. The molecule has 1 aromatic carbocycles. The molecule has 0 atom stereocenters. The summed E-state index contributed by atoms with van der Waals surface area (Å²) in [5.74, 6) is -1.22. The number of piperidine rings is 1. The number of amides is 1. The van der Waals surface area contributed by atoms with E-state index in [1.165, 1.54) is 24.7 Å². The summed E-state index contributed by atoms with van der Waals surface area (Å²) in [6.07, 6.45) is 4.50. The molecule has 0 saturated carbocycles. The van der Waals surface area contributed by atoms with Crippen LogP contribution in [0.5, 0.6) is 0 Å². The van der Waals surface area contributed by atoms with Crippen molar-refractivity contribution in [1.82, 2.24) is 19.4 Å². The standard InChI is InChI=1S/C24H28F2N4O4S/c1-24(2,3)34-23(31)29-9-7-16(8-10-29)30-13-19(26)21-20(27-14-28-22(21)30)11-15-5-6-17(12-18(15)25)35(4,32)33/h5-6,12-14,16H,7-11H2,1-4H3. The second-order valence-electron chi connectivity index (χ2n) is 9.80. The highest BCUT2D eigenvalue weighted by Gasteiger charge is 2.29. The molecular formula is C24H28F2N4O4S. The Balaban J connectivity index is 1.56. The maximum atomic E-state index is 15.1. The van der Waals surface area contributed by atoms with Gasteiger partial charge in [0.1, 0.15) is 23.4 Å². The number of aromatic nitrogens is 3. The van der Waals surface area contributed by atoms with E-state index < -0.39 is 27.1 Å². The Morgan fingerprint density at radius 3 is 2.43 bits per heavy atom. The van der Waals surface area contributed by atoms with Crippen LogP contribution in [0.4, 0.5) is 13.6 Å². The zero-order valence-electron chi connectivity index (χ0n) is 20.1. The first-order chi connectivity index (χ1) is 16.3. The maximum absolute atomic E-state index is 15.1. The van der Waals surface area contributed by atoms with Crippen LogP contribution in [-0.2, 0) is 21.0 Å². The summed E-state index contributed by atoms with van der Waals surface area (Å²) in [6, 6.07) is 3.59. The lowest BCUT2D eigenvalue weighted by molar-refractivity contribution is 0.0189. The molecule has 1 aliphatic rings. The molecule has 35 heavy (non-hydrogen) atoms. The molecule has 1 saturated heterocycles.